The minimum absolute atomic E-state index is 0.339. The van der Waals surface area contributed by atoms with Crippen LogP contribution >= 0.6 is 0 Å². The molecule has 1 N–H and O–H groups in total. The molecule has 0 heterocycles. The number of unbranched alkanes of at least 4 members (excludes halogenated alkanes) is 13. The molecule has 0 aliphatic carbocycles. The van der Waals surface area contributed by atoms with E-state index in [-0.39, 0.29) is 0 Å². The first-order valence-electron chi connectivity index (χ1n) is 10.3. The van der Waals surface area contributed by atoms with Crippen LogP contribution in [0.3, 0.4) is 0 Å². The summed E-state index contributed by atoms with van der Waals surface area (Å²) in [5.41, 5.74) is 0. The molecular weight excluding hydrogens is 316 g/mol. The van der Waals surface area contributed by atoms with E-state index in [4.69, 9.17) is 9.53 Å². The Hall–Kier alpha value is -0.353. The maximum absolute atomic E-state index is 10.4. The Bertz CT molecular complexity index is 287. The van der Waals surface area contributed by atoms with Crippen LogP contribution in [0.25, 0.3) is 0 Å². The van der Waals surface area contributed by atoms with Crippen molar-refractivity contribution in [3.63, 3.8) is 0 Å². The summed E-state index contributed by atoms with van der Waals surface area (Å²) in [6.45, 7) is 7.73. The van der Waals surface area contributed by atoms with Gasteiger partial charge in [-0.15, -0.1) is 0 Å². The maximum atomic E-state index is 10.4. The van der Waals surface area contributed by atoms with Crippen LogP contribution in [-0.2, 0) is 9.22 Å². The van der Waals surface area contributed by atoms with Gasteiger partial charge in [-0.05, 0) is 32.5 Å². The van der Waals surface area contributed by atoms with Crippen LogP contribution in [0.5, 0.6) is 0 Å². The Kier molecular flexibility index (Phi) is 15.9. The van der Waals surface area contributed by atoms with Crippen molar-refractivity contribution in [1.29, 1.82) is 0 Å². The second-order valence-corrected chi connectivity index (χ2v) is 12.6. The molecule has 0 saturated heterocycles. The molecule has 144 valence electrons. The standard InChI is InChI=1S/C20H42O3Si/c1-24(2,3)23-19-17-15-13-11-9-7-5-4-6-8-10-12-14-16-18-20(21)22/h4-19H2,1-3H3,(H,21,22). The second-order valence-electron chi connectivity index (χ2n) is 8.05. The Balaban J connectivity index is 3.04. The van der Waals surface area contributed by atoms with Crippen LogP contribution in [0.2, 0.25) is 19.6 Å². The van der Waals surface area contributed by atoms with Crippen LogP contribution in [0.4, 0.5) is 0 Å². The van der Waals surface area contributed by atoms with Crippen LogP contribution in [0.1, 0.15) is 96.3 Å². The lowest BCUT2D eigenvalue weighted by molar-refractivity contribution is -0.137. The van der Waals surface area contributed by atoms with Gasteiger partial charge in [-0.25, -0.2) is 0 Å². The molecule has 0 spiro atoms. The summed E-state index contributed by atoms with van der Waals surface area (Å²) in [7, 11) is -1.29. The van der Waals surface area contributed by atoms with Gasteiger partial charge in [0.1, 0.15) is 0 Å². The number of hydrogen-bond acceptors (Lipinski definition) is 2. The Morgan fingerprint density at radius 1 is 0.667 bits per heavy atom. The zero-order valence-corrected chi connectivity index (χ0v) is 17.6. The molecule has 0 amide bonds. The average Bonchev–Trinajstić information content (AvgIpc) is 2.49. The zero-order valence-electron chi connectivity index (χ0n) is 16.6. The number of rotatable bonds is 18. The van der Waals surface area contributed by atoms with Crippen LogP contribution in [-0.4, -0.2) is 26.0 Å². The second kappa shape index (κ2) is 16.1. The highest BCUT2D eigenvalue weighted by molar-refractivity contribution is 6.69. The van der Waals surface area contributed by atoms with Crippen LogP contribution < -0.4 is 0 Å². The van der Waals surface area contributed by atoms with Gasteiger partial charge in [0.05, 0.1) is 0 Å². The van der Waals surface area contributed by atoms with Crippen LogP contribution in [0, 0.1) is 0 Å². The summed E-state index contributed by atoms with van der Waals surface area (Å²) < 4.78 is 5.87. The van der Waals surface area contributed by atoms with Gasteiger partial charge in [0, 0.05) is 13.0 Å². The maximum Gasteiger partial charge on any atom is 0.303 e. The molecule has 0 fully saturated rings. The first-order valence-corrected chi connectivity index (χ1v) is 13.7. The highest BCUT2D eigenvalue weighted by Gasteiger charge is 2.12. The SMILES string of the molecule is C[Si](C)(C)OCCCCCCCCCCCCCCCCC(=O)O. The van der Waals surface area contributed by atoms with E-state index < -0.39 is 14.3 Å². The molecule has 0 rings (SSSR count). The fourth-order valence-corrected chi connectivity index (χ4v) is 3.63. The summed E-state index contributed by atoms with van der Waals surface area (Å²) >= 11 is 0. The number of carbonyl (C=O) groups is 1. The number of aliphatic carboxylic acids is 1. The molecule has 0 bridgehead atoms. The molecule has 0 aliphatic heterocycles. The van der Waals surface area contributed by atoms with Gasteiger partial charge in [0.15, 0.2) is 8.32 Å². The predicted molar refractivity (Wildman–Crippen MR) is 106 cm³/mol. The largest absolute Gasteiger partial charge is 0.481 e. The lowest BCUT2D eigenvalue weighted by Crippen LogP contribution is -2.25. The van der Waals surface area contributed by atoms with Crippen molar-refractivity contribution >= 4 is 14.3 Å². The van der Waals surface area contributed by atoms with Crippen molar-refractivity contribution < 1.29 is 14.3 Å². The zero-order chi connectivity index (χ0) is 18.1. The molecule has 0 atom stereocenters. The van der Waals surface area contributed by atoms with Crippen molar-refractivity contribution in [2.75, 3.05) is 6.61 Å². The normalized spacial score (nSPS) is 11.8. The van der Waals surface area contributed by atoms with E-state index in [1.54, 1.807) is 0 Å². The van der Waals surface area contributed by atoms with Gasteiger partial charge in [-0.2, -0.15) is 0 Å². The van der Waals surface area contributed by atoms with E-state index in [0.717, 1.165) is 19.4 Å². The van der Waals surface area contributed by atoms with Crippen molar-refractivity contribution in [3.8, 4) is 0 Å². The minimum atomic E-state index is -1.29. The van der Waals surface area contributed by atoms with E-state index in [0.29, 0.717) is 6.42 Å². The van der Waals surface area contributed by atoms with Gasteiger partial charge in [0.25, 0.3) is 0 Å². The monoisotopic (exact) mass is 358 g/mol. The highest BCUT2D eigenvalue weighted by Crippen LogP contribution is 2.13. The third-order valence-electron chi connectivity index (χ3n) is 4.32. The summed E-state index contributed by atoms with van der Waals surface area (Å²) in [4.78, 5) is 10.4. The molecule has 0 aromatic rings. The van der Waals surface area contributed by atoms with E-state index in [1.807, 2.05) is 0 Å². The highest BCUT2D eigenvalue weighted by atomic mass is 28.4. The molecule has 0 saturated carbocycles. The third kappa shape index (κ3) is 21.6. The van der Waals surface area contributed by atoms with Gasteiger partial charge >= 0.3 is 5.97 Å². The van der Waals surface area contributed by atoms with Crippen molar-refractivity contribution in [2.45, 2.75) is 116 Å². The fraction of sp³-hybridized carbons (Fsp3) is 0.950. The molecule has 24 heavy (non-hydrogen) atoms. The Labute approximate surface area is 151 Å². The summed E-state index contributed by atoms with van der Waals surface area (Å²) in [6, 6.07) is 0. The molecule has 0 radical (unpaired) electrons. The first-order chi connectivity index (χ1) is 11.4. The summed E-state index contributed by atoms with van der Waals surface area (Å²) in [6.07, 6.45) is 18.3. The summed E-state index contributed by atoms with van der Waals surface area (Å²) in [5.74, 6) is -0.657. The number of hydrogen-bond donors (Lipinski definition) is 1. The van der Waals surface area contributed by atoms with Gasteiger partial charge < -0.3 is 9.53 Å². The minimum Gasteiger partial charge on any atom is -0.481 e. The van der Waals surface area contributed by atoms with Crippen molar-refractivity contribution in [2.24, 2.45) is 0 Å². The van der Waals surface area contributed by atoms with Gasteiger partial charge in [0.2, 0.25) is 0 Å². The van der Waals surface area contributed by atoms with Crippen molar-refractivity contribution in [3.05, 3.63) is 0 Å². The lowest BCUT2D eigenvalue weighted by atomic mass is 10.0. The van der Waals surface area contributed by atoms with E-state index in [2.05, 4.69) is 19.6 Å². The Morgan fingerprint density at radius 3 is 1.33 bits per heavy atom. The fourth-order valence-electron chi connectivity index (χ4n) is 2.88. The molecular formula is C20H42O3Si. The van der Waals surface area contributed by atoms with Gasteiger partial charge in [-0.1, -0.05) is 77.0 Å². The quantitative estimate of drug-likeness (QED) is 0.217. The first kappa shape index (κ1) is 23.6. The molecule has 0 aromatic heterocycles. The van der Waals surface area contributed by atoms with Crippen molar-refractivity contribution in [1.82, 2.24) is 0 Å². The Morgan fingerprint density at radius 2 is 1.00 bits per heavy atom. The molecule has 3 nitrogen and oxygen atoms in total. The lowest BCUT2D eigenvalue weighted by Gasteiger charge is -2.16. The van der Waals surface area contributed by atoms with E-state index >= 15 is 0 Å². The molecule has 4 heteroatoms. The van der Waals surface area contributed by atoms with E-state index in [1.165, 1.54) is 77.0 Å². The van der Waals surface area contributed by atoms with Crippen LogP contribution in [0.15, 0.2) is 0 Å². The summed E-state index contributed by atoms with van der Waals surface area (Å²) in [5, 5.41) is 8.55. The third-order valence-corrected chi connectivity index (χ3v) is 5.39. The molecule has 0 aliphatic rings. The number of carboxylic acids is 1. The topological polar surface area (TPSA) is 46.5 Å². The average molecular weight is 359 g/mol. The van der Waals surface area contributed by atoms with E-state index in [9.17, 15) is 4.79 Å². The number of carboxylic acid groups (broad SMARTS) is 1. The predicted octanol–water partition coefficient (Wildman–Crippen LogP) is 6.77. The molecule has 0 aromatic carbocycles. The molecule has 0 unspecified atom stereocenters. The van der Waals surface area contributed by atoms with Gasteiger partial charge in [-0.3, -0.25) is 4.79 Å². The smallest absolute Gasteiger partial charge is 0.303 e.